The van der Waals surface area contributed by atoms with Crippen LogP contribution in [0.1, 0.15) is 11.4 Å². The first-order chi connectivity index (χ1) is 23.9. The molecule has 2 aromatic heterocycles. The average molecular weight is 731 g/mol. The molecule has 0 atom stereocenters. The Morgan fingerprint density at radius 1 is 0.765 bits per heavy atom. The Balaban J connectivity index is 0.000000224. The molecule has 5 aromatic rings. The van der Waals surface area contributed by atoms with E-state index in [1.807, 2.05) is 12.1 Å². The number of nitro groups is 2. The number of nitro benzene ring substituents is 1. The van der Waals surface area contributed by atoms with Gasteiger partial charge in [-0.05, 0) is 50.3 Å². The van der Waals surface area contributed by atoms with Crippen LogP contribution in [0.5, 0.6) is 5.75 Å². The number of benzene rings is 3. The summed E-state index contributed by atoms with van der Waals surface area (Å²) in [7, 11) is 0. The van der Waals surface area contributed by atoms with E-state index in [1.165, 1.54) is 33.6 Å². The van der Waals surface area contributed by atoms with Gasteiger partial charge in [0.25, 0.3) is 22.5 Å². The quantitative estimate of drug-likeness (QED) is 0.0721. The number of carbonyl (C=O) groups is 1. The van der Waals surface area contributed by atoms with Crippen LogP contribution in [0.4, 0.5) is 22.7 Å². The van der Waals surface area contributed by atoms with Crippen molar-refractivity contribution in [2.45, 2.75) is 13.8 Å². The number of aryl methyl sites for hydroxylation is 2. The monoisotopic (exact) mass is 730 g/mol. The van der Waals surface area contributed by atoms with Crippen molar-refractivity contribution in [1.82, 2.24) is 19.6 Å². The van der Waals surface area contributed by atoms with Crippen molar-refractivity contribution < 1.29 is 37.1 Å². The summed E-state index contributed by atoms with van der Waals surface area (Å²) in [6.45, 7) is 3.36. The van der Waals surface area contributed by atoms with Crippen molar-refractivity contribution in [3.8, 4) is 17.1 Å². The number of rotatable bonds is 8. The molecule has 19 heteroatoms. The zero-order chi connectivity index (χ0) is 35.9. The summed E-state index contributed by atoms with van der Waals surface area (Å²) in [6, 6.07) is 21.4. The Morgan fingerprint density at radius 2 is 1.35 bits per heavy atom. The van der Waals surface area contributed by atoms with Gasteiger partial charge < -0.3 is 5.11 Å². The molecule has 51 heavy (non-hydrogen) atoms. The molecule has 1 aliphatic rings. The molecular weight excluding hydrogens is 704 g/mol. The van der Waals surface area contributed by atoms with Crippen LogP contribution in [-0.2, 0) is 22.2 Å². The van der Waals surface area contributed by atoms with E-state index >= 15 is 0 Å². The molecule has 258 valence electrons. The maximum atomic E-state index is 12.5. The summed E-state index contributed by atoms with van der Waals surface area (Å²) >= 11 is 0. The summed E-state index contributed by atoms with van der Waals surface area (Å²) in [5, 5.41) is 48.5. The molecule has 0 saturated carbocycles. The second-order valence-electron chi connectivity index (χ2n) is 10.4. The fraction of sp³-hybridized carbons (Fsp3) is 0.0625. The van der Waals surface area contributed by atoms with Gasteiger partial charge in [-0.3, -0.25) is 50.2 Å². The van der Waals surface area contributed by atoms with Crippen molar-refractivity contribution in [2.75, 3.05) is 5.43 Å². The van der Waals surface area contributed by atoms with Crippen LogP contribution >= 0.6 is 0 Å². The molecule has 0 bridgehead atoms. The number of anilines is 1. The van der Waals surface area contributed by atoms with Crippen molar-refractivity contribution in [3.05, 3.63) is 155 Å². The number of azo groups is 1. The summed E-state index contributed by atoms with van der Waals surface area (Å²) in [5.41, 5.74) is 3.84. The molecule has 0 amide bonds. The largest absolute Gasteiger partial charge is 0.505 e. The molecule has 1 aliphatic carbocycles. The molecule has 0 unspecified atom stereocenters. The predicted octanol–water partition coefficient (Wildman–Crippen LogP) is 5.04. The smallest absolute Gasteiger partial charge is 0.299 e. The van der Waals surface area contributed by atoms with Crippen molar-refractivity contribution in [3.63, 3.8) is 0 Å². The Bertz CT molecular complexity index is 2350. The fourth-order valence-electron chi connectivity index (χ4n) is 4.49. The van der Waals surface area contributed by atoms with Crippen LogP contribution in [0.2, 0.25) is 0 Å². The normalized spacial score (nSPS) is 12.9. The summed E-state index contributed by atoms with van der Waals surface area (Å²) in [6.07, 6.45) is 3.28. The molecule has 0 fully saturated rings. The number of para-hydroxylation sites is 2. The number of hydrogen-bond donors (Lipinski definition) is 4. The molecule has 0 radical (unpaired) electrons. The SMILES string of the molecule is Cc1[nH]n(-c2ccccc2)c(=O)c1N/N=C1/C=CC([N+](=O)[O-])=CC1=O.Cc1[nH]n(-c2ccccc2)c(=O)c1N=Nc1ccc([N+](=O)[O-])cc1O.[Cr]. The molecule has 2 heterocycles. The van der Waals surface area contributed by atoms with Gasteiger partial charge in [-0.15, -0.1) is 10.2 Å². The topological polar surface area (TPSA) is 248 Å². The molecule has 4 N–H and O–H groups in total. The third kappa shape index (κ3) is 8.37. The van der Waals surface area contributed by atoms with Gasteiger partial charge in [-0.1, -0.05) is 36.4 Å². The van der Waals surface area contributed by atoms with Crippen molar-refractivity contribution in [2.24, 2.45) is 15.3 Å². The zero-order valence-electron chi connectivity index (χ0n) is 26.6. The summed E-state index contributed by atoms with van der Waals surface area (Å²) in [4.78, 5) is 56.8. The predicted molar refractivity (Wildman–Crippen MR) is 181 cm³/mol. The average Bonchev–Trinajstić information content (AvgIpc) is 3.56. The van der Waals surface area contributed by atoms with E-state index in [9.17, 15) is 39.7 Å². The van der Waals surface area contributed by atoms with Gasteiger partial charge in [0.15, 0.2) is 5.69 Å². The number of phenolic OH excluding ortho intramolecular Hbond substituents is 1. The minimum Gasteiger partial charge on any atom is -0.505 e. The molecule has 0 saturated heterocycles. The standard InChI is InChI=1S/2C16H13N5O4.Cr/c2*1-10-15(16(23)20(19-10)11-5-3-2-4-6-11)18-17-13-8-7-12(21(24)25)9-14(13)22;/h2-9,19,22H,1H3;2-9,18-19H,1H3;/b;17-13-;. The fourth-order valence-corrected chi connectivity index (χ4v) is 4.49. The number of hydrazone groups is 1. The van der Waals surface area contributed by atoms with Gasteiger partial charge >= 0.3 is 0 Å². The minimum atomic E-state index is -0.659. The van der Waals surface area contributed by atoms with Crippen LogP contribution < -0.4 is 16.5 Å². The maximum Gasteiger partial charge on any atom is 0.299 e. The molecule has 0 aliphatic heterocycles. The number of aromatic hydroxyl groups is 1. The second-order valence-corrected chi connectivity index (χ2v) is 10.4. The van der Waals surface area contributed by atoms with E-state index < -0.39 is 26.9 Å². The van der Waals surface area contributed by atoms with Crippen molar-refractivity contribution >= 4 is 34.2 Å². The Hall–Kier alpha value is -6.97. The number of hydrogen-bond acceptors (Lipinski definition) is 12. The maximum absolute atomic E-state index is 12.5. The Kier molecular flexibility index (Phi) is 11.5. The minimum absolute atomic E-state index is 0. The van der Waals surface area contributed by atoms with Gasteiger partial charge in [0.05, 0.1) is 44.8 Å². The number of phenols is 1. The van der Waals surface area contributed by atoms with Crippen LogP contribution in [0.25, 0.3) is 11.4 Å². The van der Waals surface area contributed by atoms with E-state index in [0.717, 1.165) is 12.1 Å². The first kappa shape index (κ1) is 36.9. The summed E-state index contributed by atoms with van der Waals surface area (Å²) in [5.74, 6) is -1.01. The number of nitrogens with zero attached hydrogens (tertiary/aromatic N) is 7. The first-order valence-corrected chi connectivity index (χ1v) is 14.5. The number of nitrogens with one attached hydrogen (secondary N) is 3. The zero-order valence-corrected chi connectivity index (χ0v) is 27.9. The van der Waals surface area contributed by atoms with Crippen LogP contribution in [0.15, 0.2) is 128 Å². The van der Waals surface area contributed by atoms with Gasteiger partial charge in [0, 0.05) is 29.5 Å². The number of aromatic nitrogens is 4. The molecule has 3 aromatic carbocycles. The van der Waals surface area contributed by atoms with Gasteiger partial charge in [-0.2, -0.15) is 5.10 Å². The number of non-ortho nitro benzene ring substituents is 1. The van der Waals surface area contributed by atoms with Gasteiger partial charge in [0.2, 0.25) is 5.78 Å². The molecule has 6 rings (SSSR count). The Morgan fingerprint density at radius 3 is 1.90 bits per heavy atom. The van der Waals surface area contributed by atoms with E-state index in [4.69, 9.17) is 0 Å². The van der Waals surface area contributed by atoms with E-state index in [0.29, 0.717) is 22.8 Å². The third-order valence-corrected chi connectivity index (χ3v) is 7.01. The molecular formula is C32H26CrN10O8. The van der Waals surface area contributed by atoms with Gasteiger partial charge in [0.1, 0.15) is 22.8 Å². The molecule has 0 spiro atoms. The van der Waals surface area contributed by atoms with Crippen molar-refractivity contribution in [1.29, 1.82) is 0 Å². The third-order valence-electron chi connectivity index (χ3n) is 7.01. The first-order valence-electron chi connectivity index (χ1n) is 14.5. The van der Waals surface area contributed by atoms with Crippen LogP contribution in [-0.4, -0.2) is 46.0 Å². The molecule has 18 nitrogen and oxygen atoms in total. The number of carbonyl (C=O) groups excluding carboxylic acids is 1. The number of allylic oxidation sites excluding steroid dienone is 3. The Labute approximate surface area is 297 Å². The van der Waals surface area contributed by atoms with Crippen LogP contribution in [0.3, 0.4) is 0 Å². The van der Waals surface area contributed by atoms with E-state index in [-0.39, 0.29) is 57.1 Å². The van der Waals surface area contributed by atoms with Crippen LogP contribution in [0, 0.1) is 34.1 Å². The summed E-state index contributed by atoms with van der Waals surface area (Å²) < 4.78 is 2.68. The number of H-pyrrole nitrogens is 2. The number of aromatic amines is 2. The second kappa shape index (κ2) is 16.0. The van der Waals surface area contributed by atoms with E-state index in [2.05, 4.69) is 31.0 Å². The van der Waals surface area contributed by atoms with Gasteiger partial charge in [-0.25, -0.2) is 9.36 Å². The van der Waals surface area contributed by atoms with E-state index in [1.54, 1.807) is 62.4 Å². The number of ketones is 1.